The highest BCUT2D eigenvalue weighted by molar-refractivity contribution is 5.61. The number of piperidine rings is 1. The molecule has 1 aliphatic heterocycles. The molecule has 2 aromatic rings. The van der Waals surface area contributed by atoms with Crippen molar-refractivity contribution in [3.05, 3.63) is 42.7 Å². The summed E-state index contributed by atoms with van der Waals surface area (Å²) in [5.74, 6) is 0. The van der Waals surface area contributed by atoms with Crippen LogP contribution in [-0.4, -0.2) is 33.8 Å². The lowest BCUT2D eigenvalue weighted by Gasteiger charge is -2.34. The van der Waals surface area contributed by atoms with Gasteiger partial charge >= 0.3 is 0 Å². The van der Waals surface area contributed by atoms with Crippen LogP contribution in [0.2, 0.25) is 0 Å². The lowest BCUT2D eigenvalue weighted by Crippen LogP contribution is -2.39. The van der Waals surface area contributed by atoms with Gasteiger partial charge in [0.25, 0.3) is 0 Å². The SMILES string of the molecule is CC(C)N1CCC(n2cc(-c3ccccc3)cn2)CC1. The zero-order valence-corrected chi connectivity index (χ0v) is 12.4. The van der Waals surface area contributed by atoms with Crippen molar-refractivity contribution in [1.82, 2.24) is 14.7 Å². The summed E-state index contributed by atoms with van der Waals surface area (Å²) in [6.45, 7) is 6.93. The Morgan fingerprint density at radius 3 is 2.40 bits per heavy atom. The Balaban J connectivity index is 1.69. The quantitative estimate of drug-likeness (QED) is 0.849. The van der Waals surface area contributed by atoms with Gasteiger partial charge in [0.15, 0.2) is 0 Å². The minimum absolute atomic E-state index is 0.558. The molecule has 0 unspecified atom stereocenters. The van der Waals surface area contributed by atoms with Gasteiger partial charge in [-0.15, -0.1) is 0 Å². The zero-order valence-electron chi connectivity index (χ0n) is 12.4. The van der Waals surface area contributed by atoms with Crippen LogP contribution in [0.15, 0.2) is 42.7 Å². The molecule has 0 aliphatic carbocycles. The van der Waals surface area contributed by atoms with Gasteiger partial charge in [-0.2, -0.15) is 5.10 Å². The Morgan fingerprint density at radius 1 is 1.05 bits per heavy atom. The van der Waals surface area contributed by atoms with Crippen molar-refractivity contribution in [2.24, 2.45) is 0 Å². The van der Waals surface area contributed by atoms with Gasteiger partial charge in [0.05, 0.1) is 12.2 Å². The molecule has 3 heteroatoms. The molecule has 3 rings (SSSR count). The number of aromatic nitrogens is 2. The summed E-state index contributed by atoms with van der Waals surface area (Å²) in [4.78, 5) is 2.55. The van der Waals surface area contributed by atoms with Crippen LogP contribution < -0.4 is 0 Å². The molecule has 106 valence electrons. The lowest BCUT2D eigenvalue weighted by molar-refractivity contribution is 0.147. The van der Waals surface area contributed by atoms with Crippen molar-refractivity contribution in [2.75, 3.05) is 13.1 Å². The van der Waals surface area contributed by atoms with Gasteiger partial charge < -0.3 is 4.90 Å². The first kappa shape index (κ1) is 13.4. The summed E-state index contributed by atoms with van der Waals surface area (Å²) in [5, 5.41) is 4.58. The van der Waals surface area contributed by atoms with Crippen molar-refractivity contribution >= 4 is 0 Å². The molecule has 0 amide bonds. The van der Waals surface area contributed by atoms with E-state index in [1.165, 1.54) is 37.1 Å². The van der Waals surface area contributed by atoms with E-state index in [0.717, 1.165) is 0 Å². The summed E-state index contributed by atoms with van der Waals surface area (Å²) in [6, 6.07) is 11.7. The van der Waals surface area contributed by atoms with Crippen LogP contribution >= 0.6 is 0 Å². The molecule has 2 heterocycles. The highest BCUT2D eigenvalue weighted by atomic mass is 15.3. The van der Waals surface area contributed by atoms with E-state index in [-0.39, 0.29) is 0 Å². The third-order valence-corrected chi connectivity index (χ3v) is 4.31. The Morgan fingerprint density at radius 2 is 1.75 bits per heavy atom. The van der Waals surface area contributed by atoms with Crippen molar-refractivity contribution in [1.29, 1.82) is 0 Å². The third kappa shape index (κ3) is 2.78. The number of hydrogen-bond donors (Lipinski definition) is 0. The van der Waals surface area contributed by atoms with E-state index >= 15 is 0 Å². The van der Waals surface area contributed by atoms with E-state index in [1.807, 2.05) is 6.20 Å². The summed E-state index contributed by atoms with van der Waals surface area (Å²) in [7, 11) is 0. The molecule has 0 spiro atoms. The molecule has 20 heavy (non-hydrogen) atoms. The van der Waals surface area contributed by atoms with Gasteiger partial charge in [-0.1, -0.05) is 30.3 Å². The van der Waals surface area contributed by atoms with Crippen molar-refractivity contribution in [3.63, 3.8) is 0 Å². The zero-order chi connectivity index (χ0) is 13.9. The molecule has 1 fully saturated rings. The fraction of sp³-hybridized carbons (Fsp3) is 0.471. The van der Waals surface area contributed by atoms with Crippen LogP contribution in [0.3, 0.4) is 0 Å². The molecule has 0 bridgehead atoms. The van der Waals surface area contributed by atoms with E-state index in [9.17, 15) is 0 Å². The monoisotopic (exact) mass is 269 g/mol. The molecule has 0 saturated carbocycles. The molecule has 1 saturated heterocycles. The molecule has 3 nitrogen and oxygen atoms in total. The maximum atomic E-state index is 4.58. The summed E-state index contributed by atoms with van der Waals surface area (Å²) < 4.78 is 2.17. The highest BCUT2D eigenvalue weighted by Gasteiger charge is 2.22. The number of likely N-dealkylation sites (tertiary alicyclic amines) is 1. The normalized spacial score (nSPS) is 17.8. The van der Waals surface area contributed by atoms with E-state index < -0.39 is 0 Å². The second-order valence-electron chi connectivity index (χ2n) is 5.94. The predicted molar refractivity (Wildman–Crippen MR) is 82.6 cm³/mol. The topological polar surface area (TPSA) is 21.1 Å². The van der Waals surface area contributed by atoms with Crippen LogP contribution in [0.5, 0.6) is 0 Å². The maximum absolute atomic E-state index is 4.58. The Bertz CT molecular complexity index is 536. The summed E-state index contributed by atoms with van der Waals surface area (Å²) in [5.41, 5.74) is 2.47. The first-order chi connectivity index (χ1) is 9.74. The van der Waals surface area contributed by atoms with E-state index in [4.69, 9.17) is 0 Å². The Labute approximate surface area is 121 Å². The molecule has 0 N–H and O–H groups in total. The Hall–Kier alpha value is -1.61. The van der Waals surface area contributed by atoms with Crippen molar-refractivity contribution in [2.45, 2.75) is 38.8 Å². The average molecular weight is 269 g/mol. The minimum atomic E-state index is 0.558. The molecule has 0 radical (unpaired) electrons. The number of nitrogens with zero attached hydrogens (tertiary/aromatic N) is 3. The van der Waals surface area contributed by atoms with E-state index in [2.05, 4.69) is 65.1 Å². The summed E-state index contributed by atoms with van der Waals surface area (Å²) in [6.07, 6.45) is 6.59. The van der Waals surface area contributed by atoms with Crippen LogP contribution in [0.1, 0.15) is 32.7 Å². The second-order valence-corrected chi connectivity index (χ2v) is 5.94. The fourth-order valence-corrected chi connectivity index (χ4v) is 2.98. The van der Waals surface area contributed by atoms with Gasteiger partial charge in [0.2, 0.25) is 0 Å². The van der Waals surface area contributed by atoms with Gasteiger partial charge in [0, 0.05) is 30.9 Å². The smallest absolute Gasteiger partial charge is 0.0568 e. The highest BCUT2D eigenvalue weighted by Crippen LogP contribution is 2.25. The summed E-state index contributed by atoms with van der Waals surface area (Å²) >= 11 is 0. The van der Waals surface area contributed by atoms with Gasteiger partial charge in [0.1, 0.15) is 0 Å². The molecule has 1 aromatic carbocycles. The molecule has 1 aromatic heterocycles. The van der Waals surface area contributed by atoms with Gasteiger partial charge in [-0.05, 0) is 32.3 Å². The first-order valence-corrected chi connectivity index (χ1v) is 7.57. The van der Waals surface area contributed by atoms with Crippen molar-refractivity contribution < 1.29 is 0 Å². The van der Waals surface area contributed by atoms with E-state index in [0.29, 0.717) is 12.1 Å². The average Bonchev–Trinajstić information content (AvgIpc) is 2.98. The van der Waals surface area contributed by atoms with Crippen LogP contribution in [0.4, 0.5) is 0 Å². The lowest BCUT2D eigenvalue weighted by atomic mass is 10.0. The molecular weight excluding hydrogens is 246 g/mol. The van der Waals surface area contributed by atoms with Crippen LogP contribution in [0, 0.1) is 0 Å². The predicted octanol–water partition coefficient (Wildman–Crippen LogP) is 3.60. The molecule has 1 aliphatic rings. The number of benzene rings is 1. The first-order valence-electron chi connectivity index (χ1n) is 7.57. The van der Waals surface area contributed by atoms with E-state index in [1.54, 1.807) is 0 Å². The third-order valence-electron chi connectivity index (χ3n) is 4.31. The largest absolute Gasteiger partial charge is 0.301 e. The molecule has 0 atom stereocenters. The fourth-order valence-electron chi connectivity index (χ4n) is 2.98. The maximum Gasteiger partial charge on any atom is 0.0568 e. The Kier molecular flexibility index (Phi) is 3.88. The molecular formula is C17H23N3. The minimum Gasteiger partial charge on any atom is -0.301 e. The van der Waals surface area contributed by atoms with Gasteiger partial charge in [-0.25, -0.2) is 0 Å². The van der Waals surface area contributed by atoms with Crippen LogP contribution in [0.25, 0.3) is 11.1 Å². The standard InChI is InChI=1S/C17H23N3/c1-14(2)19-10-8-17(9-11-19)20-13-16(12-18-20)15-6-4-3-5-7-15/h3-7,12-14,17H,8-11H2,1-2H3. The number of rotatable bonds is 3. The number of hydrogen-bond acceptors (Lipinski definition) is 2. The van der Waals surface area contributed by atoms with Crippen molar-refractivity contribution in [3.8, 4) is 11.1 Å². The van der Waals surface area contributed by atoms with Crippen LogP contribution in [-0.2, 0) is 0 Å². The van der Waals surface area contributed by atoms with Gasteiger partial charge in [-0.3, -0.25) is 4.68 Å². The second kappa shape index (κ2) is 5.80.